The first-order chi connectivity index (χ1) is 11.1. The summed E-state index contributed by atoms with van der Waals surface area (Å²) in [6, 6.07) is 7.17. The molecule has 3 rings (SSSR count). The van der Waals surface area contributed by atoms with E-state index in [1.54, 1.807) is 12.1 Å². The summed E-state index contributed by atoms with van der Waals surface area (Å²) in [6.07, 6.45) is -0.296. The molecule has 0 radical (unpaired) electrons. The number of rotatable bonds is 4. The second kappa shape index (κ2) is 6.47. The Morgan fingerprint density at radius 3 is 3.09 bits per heavy atom. The van der Waals surface area contributed by atoms with Crippen molar-refractivity contribution in [3.05, 3.63) is 53.2 Å². The molecule has 6 nitrogen and oxygen atoms in total. The number of aliphatic hydroxyl groups is 1. The van der Waals surface area contributed by atoms with Crippen LogP contribution in [0.15, 0.2) is 34.9 Å². The fourth-order valence-electron chi connectivity index (χ4n) is 2.84. The molecule has 7 heteroatoms. The van der Waals surface area contributed by atoms with E-state index >= 15 is 0 Å². The van der Waals surface area contributed by atoms with Crippen molar-refractivity contribution in [2.75, 3.05) is 13.7 Å². The Hall–Kier alpha value is -2.25. The fourth-order valence-corrected chi connectivity index (χ4v) is 2.84. The van der Waals surface area contributed by atoms with Gasteiger partial charge < -0.3 is 19.3 Å². The number of amides is 1. The molecule has 1 aromatic carbocycles. The maximum Gasteiger partial charge on any atom is 0.276 e. The number of ether oxygens (including phenoxy) is 1. The summed E-state index contributed by atoms with van der Waals surface area (Å²) in [5, 5.41) is 13.7. The number of β-amino-alcohol motifs (C(OH)–C–C–N with tert-alkyl or cyclic N) is 1. The molecule has 2 heterocycles. The predicted molar refractivity (Wildman–Crippen MR) is 78.0 cm³/mol. The van der Waals surface area contributed by atoms with Crippen molar-refractivity contribution in [2.24, 2.45) is 0 Å². The second-order valence-corrected chi connectivity index (χ2v) is 5.53. The normalized spacial score (nSPS) is 20.9. The van der Waals surface area contributed by atoms with Crippen LogP contribution in [0, 0.1) is 5.82 Å². The van der Waals surface area contributed by atoms with Gasteiger partial charge in [0.2, 0.25) is 0 Å². The van der Waals surface area contributed by atoms with Gasteiger partial charge in [0.05, 0.1) is 12.1 Å². The van der Waals surface area contributed by atoms with E-state index in [4.69, 9.17) is 9.26 Å². The van der Waals surface area contributed by atoms with Gasteiger partial charge in [0, 0.05) is 19.7 Å². The average Bonchev–Trinajstić information content (AvgIpc) is 3.14. The summed E-state index contributed by atoms with van der Waals surface area (Å²) in [4.78, 5) is 14.1. The number of nitrogens with zero attached hydrogens (tertiary/aromatic N) is 2. The van der Waals surface area contributed by atoms with E-state index in [0.29, 0.717) is 17.7 Å². The number of carbonyl (C=O) groups excluding carboxylic acids is 1. The zero-order chi connectivity index (χ0) is 16.4. The van der Waals surface area contributed by atoms with Crippen LogP contribution < -0.4 is 0 Å². The van der Waals surface area contributed by atoms with Gasteiger partial charge in [-0.2, -0.15) is 0 Å². The van der Waals surface area contributed by atoms with E-state index in [1.807, 2.05) is 0 Å². The third kappa shape index (κ3) is 3.25. The average molecular weight is 320 g/mol. The summed E-state index contributed by atoms with van der Waals surface area (Å²) >= 11 is 0. The van der Waals surface area contributed by atoms with Crippen molar-refractivity contribution >= 4 is 5.91 Å². The third-order valence-corrected chi connectivity index (χ3v) is 3.84. The van der Waals surface area contributed by atoms with Crippen molar-refractivity contribution in [3.8, 4) is 0 Å². The highest BCUT2D eigenvalue weighted by atomic mass is 19.1. The molecule has 1 saturated heterocycles. The number of benzene rings is 1. The molecule has 1 aromatic heterocycles. The van der Waals surface area contributed by atoms with E-state index in [0.717, 1.165) is 0 Å². The molecule has 0 unspecified atom stereocenters. The van der Waals surface area contributed by atoms with Crippen LogP contribution in [0.25, 0.3) is 0 Å². The molecule has 2 aromatic rings. The molecule has 23 heavy (non-hydrogen) atoms. The van der Waals surface area contributed by atoms with Gasteiger partial charge in [0.1, 0.15) is 12.4 Å². The minimum Gasteiger partial charge on any atom is -0.391 e. The van der Waals surface area contributed by atoms with Gasteiger partial charge in [-0.25, -0.2) is 4.39 Å². The van der Waals surface area contributed by atoms with Gasteiger partial charge in [-0.3, -0.25) is 4.79 Å². The largest absolute Gasteiger partial charge is 0.391 e. The second-order valence-electron chi connectivity index (χ2n) is 5.53. The quantitative estimate of drug-likeness (QED) is 0.931. The van der Waals surface area contributed by atoms with Crippen molar-refractivity contribution in [3.63, 3.8) is 0 Å². The van der Waals surface area contributed by atoms with Gasteiger partial charge in [-0.1, -0.05) is 17.3 Å². The Balaban J connectivity index is 1.85. The highest BCUT2D eigenvalue weighted by Gasteiger charge is 2.37. The number of aromatic nitrogens is 1. The van der Waals surface area contributed by atoms with E-state index < -0.39 is 12.1 Å². The van der Waals surface area contributed by atoms with Crippen LogP contribution in [0.2, 0.25) is 0 Å². The number of methoxy groups -OCH3 is 1. The van der Waals surface area contributed by atoms with Crippen molar-refractivity contribution in [2.45, 2.75) is 25.2 Å². The number of likely N-dealkylation sites (tertiary alicyclic amines) is 1. The predicted octanol–water partition coefficient (Wildman–Crippen LogP) is 1.91. The molecule has 1 amide bonds. The summed E-state index contributed by atoms with van der Waals surface area (Å²) in [6.45, 7) is 0.392. The van der Waals surface area contributed by atoms with Crippen LogP contribution in [-0.2, 0) is 11.3 Å². The Morgan fingerprint density at radius 2 is 2.35 bits per heavy atom. The first kappa shape index (κ1) is 15.6. The van der Waals surface area contributed by atoms with Crippen LogP contribution in [0.5, 0.6) is 0 Å². The lowest BCUT2D eigenvalue weighted by Crippen LogP contribution is -2.32. The molecule has 2 atom stereocenters. The van der Waals surface area contributed by atoms with E-state index in [-0.39, 0.29) is 30.6 Å². The molecular formula is C16H17FN2O4. The Labute approximate surface area is 132 Å². The van der Waals surface area contributed by atoms with E-state index in [2.05, 4.69) is 5.16 Å². The van der Waals surface area contributed by atoms with E-state index in [9.17, 15) is 14.3 Å². The number of halogens is 1. The van der Waals surface area contributed by atoms with Crippen LogP contribution >= 0.6 is 0 Å². The SMILES string of the molecule is COCc1cc(C(=O)N2C[C@@H](O)C[C@@H]2c2cccc(F)c2)no1. The van der Waals surface area contributed by atoms with Crippen LogP contribution in [-0.4, -0.2) is 40.8 Å². The lowest BCUT2D eigenvalue weighted by atomic mass is 10.0. The lowest BCUT2D eigenvalue weighted by Gasteiger charge is -2.23. The lowest BCUT2D eigenvalue weighted by molar-refractivity contribution is 0.0704. The first-order valence-corrected chi connectivity index (χ1v) is 7.27. The molecule has 1 N–H and O–H groups in total. The summed E-state index contributed by atoms with van der Waals surface area (Å²) in [5.74, 6) is -0.292. The maximum absolute atomic E-state index is 13.4. The summed E-state index contributed by atoms with van der Waals surface area (Å²) < 4.78 is 23.4. The summed E-state index contributed by atoms with van der Waals surface area (Å²) in [7, 11) is 1.51. The van der Waals surface area contributed by atoms with Gasteiger partial charge in [-0.05, 0) is 24.1 Å². The Bertz CT molecular complexity index is 703. The van der Waals surface area contributed by atoms with Gasteiger partial charge in [-0.15, -0.1) is 0 Å². The van der Waals surface area contributed by atoms with Crippen molar-refractivity contribution in [1.29, 1.82) is 0 Å². The zero-order valence-corrected chi connectivity index (χ0v) is 12.6. The molecular weight excluding hydrogens is 303 g/mol. The van der Waals surface area contributed by atoms with Gasteiger partial charge in [0.15, 0.2) is 11.5 Å². The molecule has 1 fully saturated rings. The minimum atomic E-state index is -0.655. The van der Waals surface area contributed by atoms with Crippen molar-refractivity contribution < 1.29 is 23.6 Å². The number of aliphatic hydroxyl groups excluding tert-OH is 1. The molecule has 122 valence electrons. The minimum absolute atomic E-state index is 0.146. The fraction of sp³-hybridized carbons (Fsp3) is 0.375. The van der Waals surface area contributed by atoms with Crippen LogP contribution in [0.1, 0.15) is 34.3 Å². The molecule has 0 aliphatic carbocycles. The van der Waals surface area contributed by atoms with Gasteiger partial charge in [0.25, 0.3) is 5.91 Å². The molecule has 0 bridgehead atoms. The van der Waals surface area contributed by atoms with E-state index in [1.165, 1.54) is 30.2 Å². The Morgan fingerprint density at radius 1 is 1.52 bits per heavy atom. The standard InChI is InChI=1S/C16H17FN2O4/c1-22-9-13-7-14(18-23-13)16(21)19-8-12(20)6-15(19)10-3-2-4-11(17)5-10/h2-5,7,12,15,20H,6,8-9H2,1H3/t12-,15+/m0/s1. The zero-order valence-electron chi connectivity index (χ0n) is 12.6. The number of hydrogen-bond acceptors (Lipinski definition) is 5. The highest BCUT2D eigenvalue weighted by Crippen LogP contribution is 2.33. The monoisotopic (exact) mass is 320 g/mol. The summed E-state index contributed by atoms with van der Waals surface area (Å²) in [5.41, 5.74) is 0.795. The topological polar surface area (TPSA) is 75.8 Å². The van der Waals surface area contributed by atoms with Crippen LogP contribution in [0.3, 0.4) is 0 Å². The number of hydrogen-bond donors (Lipinski definition) is 1. The Kier molecular flexibility index (Phi) is 4.40. The molecule has 1 aliphatic rings. The molecule has 0 spiro atoms. The first-order valence-electron chi connectivity index (χ1n) is 7.27. The molecule has 1 aliphatic heterocycles. The molecule has 0 saturated carbocycles. The number of carbonyl (C=O) groups is 1. The third-order valence-electron chi connectivity index (χ3n) is 3.84. The van der Waals surface area contributed by atoms with Gasteiger partial charge >= 0.3 is 0 Å². The van der Waals surface area contributed by atoms with Crippen molar-refractivity contribution in [1.82, 2.24) is 10.1 Å². The smallest absolute Gasteiger partial charge is 0.276 e. The van der Waals surface area contributed by atoms with Crippen LogP contribution in [0.4, 0.5) is 4.39 Å². The maximum atomic E-state index is 13.4. The highest BCUT2D eigenvalue weighted by molar-refractivity contribution is 5.92.